The fourth-order valence-corrected chi connectivity index (χ4v) is 1.86. The number of unbranched alkanes of at least 4 members (excludes halogenated alkanes) is 2. The van der Waals surface area contributed by atoms with Gasteiger partial charge < -0.3 is 10.6 Å². The zero-order chi connectivity index (χ0) is 9.03. The molecule has 12 heavy (non-hydrogen) atoms. The van der Waals surface area contributed by atoms with Gasteiger partial charge in [0.05, 0.1) is 0 Å². The van der Waals surface area contributed by atoms with Crippen molar-refractivity contribution in [3.63, 3.8) is 0 Å². The summed E-state index contributed by atoms with van der Waals surface area (Å²) in [6, 6.07) is 0. The van der Waals surface area contributed by atoms with Gasteiger partial charge in [0.1, 0.15) is 0 Å². The quantitative estimate of drug-likeness (QED) is 0.649. The summed E-state index contributed by atoms with van der Waals surface area (Å²) in [6.45, 7) is 7.96. The van der Waals surface area contributed by atoms with Gasteiger partial charge in [-0.25, -0.2) is 0 Å². The molecule has 0 saturated carbocycles. The van der Waals surface area contributed by atoms with Gasteiger partial charge in [-0.1, -0.05) is 19.8 Å². The van der Waals surface area contributed by atoms with E-state index >= 15 is 0 Å². The molecule has 0 aromatic carbocycles. The van der Waals surface area contributed by atoms with Crippen molar-refractivity contribution in [2.24, 2.45) is 5.73 Å². The summed E-state index contributed by atoms with van der Waals surface area (Å²) in [5.74, 6) is 0. The molecule has 1 unspecified atom stereocenters. The van der Waals surface area contributed by atoms with E-state index < -0.39 is 0 Å². The summed E-state index contributed by atoms with van der Waals surface area (Å²) >= 11 is 0. The summed E-state index contributed by atoms with van der Waals surface area (Å²) in [5.41, 5.74) is 6.12. The van der Waals surface area contributed by atoms with E-state index in [9.17, 15) is 0 Å². The molecule has 0 amide bonds. The van der Waals surface area contributed by atoms with Gasteiger partial charge in [-0.3, -0.25) is 0 Å². The number of rotatable bonds is 4. The lowest BCUT2D eigenvalue weighted by atomic mass is 10.0. The van der Waals surface area contributed by atoms with E-state index in [4.69, 9.17) is 5.73 Å². The first-order chi connectivity index (χ1) is 5.64. The Balaban J connectivity index is 2.11. The van der Waals surface area contributed by atoms with Gasteiger partial charge in [0.25, 0.3) is 0 Å². The molecule has 0 bridgehead atoms. The maximum absolute atomic E-state index is 6.03. The maximum Gasteiger partial charge on any atom is 0.0267 e. The third-order valence-corrected chi connectivity index (χ3v) is 2.66. The van der Waals surface area contributed by atoms with Crippen molar-refractivity contribution in [3.05, 3.63) is 0 Å². The van der Waals surface area contributed by atoms with Crippen LogP contribution in [0.15, 0.2) is 0 Å². The van der Waals surface area contributed by atoms with E-state index in [-0.39, 0.29) is 5.54 Å². The molecule has 2 nitrogen and oxygen atoms in total. The lowest BCUT2D eigenvalue weighted by molar-refractivity contribution is 0.309. The van der Waals surface area contributed by atoms with E-state index in [1.54, 1.807) is 0 Å². The van der Waals surface area contributed by atoms with Crippen LogP contribution in [0.5, 0.6) is 0 Å². The van der Waals surface area contributed by atoms with Crippen molar-refractivity contribution < 1.29 is 0 Å². The molecule has 0 radical (unpaired) electrons. The highest BCUT2D eigenvalue weighted by Crippen LogP contribution is 2.17. The fourth-order valence-electron chi connectivity index (χ4n) is 1.86. The molecule has 1 atom stereocenters. The predicted molar refractivity (Wildman–Crippen MR) is 53.2 cm³/mol. The summed E-state index contributed by atoms with van der Waals surface area (Å²) in [4.78, 5) is 2.50. The van der Waals surface area contributed by atoms with E-state index in [0.29, 0.717) is 0 Å². The van der Waals surface area contributed by atoms with E-state index in [2.05, 4.69) is 18.7 Å². The lowest BCUT2D eigenvalue weighted by Gasteiger charge is -2.19. The Labute approximate surface area is 76.1 Å². The van der Waals surface area contributed by atoms with Crippen LogP contribution in [0.1, 0.15) is 39.5 Å². The summed E-state index contributed by atoms with van der Waals surface area (Å²) in [5, 5.41) is 0. The minimum absolute atomic E-state index is 0.0895. The van der Waals surface area contributed by atoms with Crippen LogP contribution in [-0.4, -0.2) is 30.1 Å². The monoisotopic (exact) mass is 170 g/mol. The Kier molecular flexibility index (Phi) is 3.53. The Bertz CT molecular complexity index is 132. The van der Waals surface area contributed by atoms with Crippen LogP contribution in [0, 0.1) is 0 Å². The SMILES string of the molecule is CCCCCN1CCC(C)(N)C1. The highest BCUT2D eigenvalue weighted by atomic mass is 15.2. The van der Waals surface area contributed by atoms with Crippen LogP contribution in [0.2, 0.25) is 0 Å². The normalized spacial score (nSPS) is 31.2. The third-order valence-electron chi connectivity index (χ3n) is 2.66. The Morgan fingerprint density at radius 2 is 2.17 bits per heavy atom. The molecular formula is C10H22N2. The number of hydrogen-bond donors (Lipinski definition) is 1. The van der Waals surface area contributed by atoms with Crippen molar-refractivity contribution in [1.29, 1.82) is 0 Å². The Morgan fingerprint density at radius 1 is 1.42 bits per heavy atom. The second-order valence-corrected chi connectivity index (χ2v) is 4.39. The van der Waals surface area contributed by atoms with Crippen molar-refractivity contribution in [1.82, 2.24) is 4.90 Å². The third kappa shape index (κ3) is 3.11. The van der Waals surface area contributed by atoms with E-state index in [0.717, 1.165) is 6.54 Å². The number of likely N-dealkylation sites (tertiary alicyclic amines) is 1. The van der Waals surface area contributed by atoms with Gasteiger partial charge in [-0.05, 0) is 32.9 Å². The van der Waals surface area contributed by atoms with Crippen LogP contribution >= 0.6 is 0 Å². The highest BCUT2D eigenvalue weighted by molar-refractivity contribution is 4.89. The van der Waals surface area contributed by atoms with Crippen molar-refractivity contribution >= 4 is 0 Å². The molecule has 2 heteroatoms. The molecule has 0 aliphatic carbocycles. The molecule has 1 aliphatic heterocycles. The zero-order valence-electron chi connectivity index (χ0n) is 8.47. The highest BCUT2D eigenvalue weighted by Gasteiger charge is 2.28. The number of hydrogen-bond acceptors (Lipinski definition) is 2. The molecule has 0 aromatic heterocycles. The van der Waals surface area contributed by atoms with Crippen molar-refractivity contribution in [2.45, 2.75) is 45.1 Å². The summed E-state index contributed by atoms with van der Waals surface area (Å²) < 4.78 is 0. The first-order valence-electron chi connectivity index (χ1n) is 5.15. The molecule has 1 aliphatic rings. The van der Waals surface area contributed by atoms with Gasteiger partial charge in [0.2, 0.25) is 0 Å². The van der Waals surface area contributed by atoms with Gasteiger partial charge >= 0.3 is 0 Å². The maximum atomic E-state index is 6.03. The molecule has 2 N–H and O–H groups in total. The molecule has 1 heterocycles. The number of nitrogens with zero attached hydrogens (tertiary/aromatic N) is 1. The van der Waals surface area contributed by atoms with Crippen molar-refractivity contribution in [2.75, 3.05) is 19.6 Å². The van der Waals surface area contributed by atoms with Crippen LogP contribution < -0.4 is 5.73 Å². The molecule has 72 valence electrons. The summed E-state index contributed by atoms with van der Waals surface area (Å²) in [6.07, 6.45) is 5.18. The average Bonchev–Trinajstić information content (AvgIpc) is 2.31. The first kappa shape index (κ1) is 10.0. The molecule has 0 aromatic rings. The molecular weight excluding hydrogens is 148 g/mol. The standard InChI is InChI=1S/C10H22N2/c1-3-4-5-7-12-8-6-10(2,11)9-12/h3-9,11H2,1-2H3. The van der Waals surface area contributed by atoms with Crippen LogP contribution in [0.3, 0.4) is 0 Å². The second-order valence-electron chi connectivity index (χ2n) is 4.39. The average molecular weight is 170 g/mol. The smallest absolute Gasteiger partial charge is 0.0267 e. The van der Waals surface area contributed by atoms with Gasteiger partial charge in [0.15, 0.2) is 0 Å². The van der Waals surface area contributed by atoms with Crippen LogP contribution in [0.25, 0.3) is 0 Å². The van der Waals surface area contributed by atoms with Crippen LogP contribution in [-0.2, 0) is 0 Å². The Hall–Kier alpha value is -0.0800. The lowest BCUT2D eigenvalue weighted by Crippen LogP contribution is -2.39. The van der Waals surface area contributed by atoms with E-state index in [1.807, 2.05) is 0 Å². The summed E-state index contributed by atoms with van der Waals surface area (Å²) in [7, 11) is 0. The molecule has 1 rings (SSSR count). The predicted octanol–water partition coefficient (Wildman–Crippen LogP) is 1.60. The van der Waals surface area contributed by atoms with E-state index in [1.165, 1.54) is 38.8 Å². The molecule has 0 spiro atoms. The minimum atomic E-state index is 0.0895. The fraction of sp³-hybridized carbons (Fsp3) is 1.00. The minimum Gasteiger partial charge on any atom is -0.324 e. The first-order valence-corrected chi connectivity index (χ1v) is 5.15. The van der Waals surface area contributed by atoms with Crippen molar-refractivity contribution in [3.8, 4) is 0 Å². The van der Waals surface area contributed by atoms with Gasteiger partial charge in [-0.15, -0.1) is 0 Å². The zero-order valence-corrected chi connectivity index (χ0v) is 8.47. The largest absolute Gasteiger partial charge is 0.324 e. The van der Waals surface area contributed by atoms with Gasteiger partial charge in [0, 0.05) is 12.1 Å². The topological polar surface area (TPSA) is 29.3 Å². The number of nitrogens with two attached hydrogens (primary N) is 1. The van der Waals surface area contributed by atoms with Crippen LogP contribution in [0.4, 0.5) is 0 Å². The van der Waals surface area contributed by atoms with Gasteiger partial charge in [-0.2, -0.15) is 0 Å². The second kappa shape index (κ2) is 4.24. The Morgan fingerprint density at radius 3 is 2.67 bits per heavy atom. The molecule has 1 saturated heterocycles. The molecule has 1 fully saturated rings.